The smallest absolute Gasteiger partial charge is 0.233 e. The van der Waals surface area contributed by atoms with Gasteiger partial charge in [0.15, 0.2) is 0 Å². The lowest BCUT2D eigenvalue weighted by molar-refractivity contribution is -0.120. The van der Waals surface area contributed by atoms with E-state index >= 15 is 0 Å². The van der Waals surface area contributed by atoms with Crippen molar-refractivity contribution in [2.24, 2.45) is 0 Å². The molecule has 0 spiro atoms. The Bertz CT molecular complexity index is 809. The summed E-state index contributed by atoms with van der Waals surface area (Å²) in [5.74, 6) is 0.0208. The fourth-order valence-corrected chi connectivity index (χ4v) is 4.18. The number of aromatic nitrogens is 4. The van der Waals surface area contributed by atoms with Crippen LogP contribution in [0.3, 0.4) is 0 Å². The summed E-state index contributed by atoms with van der Waals surface area (Å²) in [6.07, 6.45) is 8.18. The zero-order chi connectivity index (χ0) is 19.2. The van der Waals surface area contributed by atoms with Crippen molar-refractivity contribution in [3.8, 4) is 5.69 Å². The highest BCUT2D eigenvalue weighted by molar-refractivity contribution is 8.00. The predicted octanol–water partition coefficient (Wildman–Crippen LogP) is 3.77. The number of allylic oxidation sites excluding steroid dienone is 1. The van der Waals surface area contributed by atoms with E-state index in [9.17, 15) is 4.79 Å². The van der Waals surface area contributed by atoms with Crippen molar-refractivity contribution in [2.75, 3.05) is 6.54 Å². The van der Waals surface area contributed by atoms with E-state index in [0.29, 0.717) is 11.7 Å². The molecule has 0 fully saturated rings. The second kappa shape index (κ2) is 9.17. The number of para-hydroxylation sites is 1. The Balaban J connectivity index is 1.60. The molecule has 0 unspecified atom stereocenters. The minimum absolute atomic E-state index is 0.0208. The van der Waals surface area contributed by atoms with Crippen molar-refractivity contribution in [1.29, 1.82) is 0 Å². The Hall–Kier alpha value is -2.15. The Morgan fingerprint density at radius 3 is 2.78 bits per heavy atom. The van der Waals surface area contributed by atoms with E-state index in [2.05, 4.69) is 26.9 Å². The summed E-state index contributed by atoms with van der Waals surface area (Å²) in [6, 6.07) is 6.09. The average Bonchev–Trinajstić information content (AvgIpc) is 3.10. The average molecular weight is 386 g/mol. The van der Waals surface area contributed by atoms with Gasteiger partial charge >= 0.3 is 0 Å². The van der Waals surface area contributed by atoms with Gasteiger partial charge in [0, 0.05) is 6.54 Å². The van der Waals surface area contributed by atoms with Gasteiger partial charge in [-0.3, -0.25) is 4.79 Å². The van der Waals surface area contributed by atoms with Crippen LogP contribution in [0.5, 0.6) is 0 Å². The number of nitrogens with one attached hydrogen (secondary N) is 1. The highest BCUT2D eigenvalue weighted by Gasteiger charge is 2.20. The molecule has 1 aliphatic carbocycles. The summed E-state index contributed by atoms with van der Waals surface area (Å²) in [4.78, 5) is 12.5. The van der Waals surface area contributed by atoms with E-state index in [1.807, 2.05) is 39.0 Å². The van der Waals surface area contributed by atoms with Gasteiger partial charge < -0.3 is 5.32 Å². The number of hydrogen-bond acceptors (Lipinski definition) is 5. The van der Waals surface area contributed by atoms with Crippen molar-refractivity contribution in [3.63, 3.8) is 0 Å². The summed E-state index contributed by atoms with van der Waals surface area (Å²) in [6.45, 7) is 6.66. The Labute approximate surface area is 164 Å². The van der Waals surface area contributed by atoms with Crippen LogP contribution in [-0.2, 0) is 4.79 Å². The Morgan fingerprint density at radius 2 is 2.07 bits per heavy atom. The number of tetrazole rings is 1. The third-order valence-electron chi connectivity index (χ3n) is 4.87. The first kappa shape index (κ1) is 19.6. The number of thioether (sulfide) groups is 1. The zero-order valence-electron chi connectivity index (χ0n) is 16.2. The zero-order valence-corrected chi connectivity index (χ0v) is 17.1. The van der Waals surface area contributed by atoms with Crippen LogP contribution in [0.4, 0.5) is 0 Å². The highest BCUT2D eigenvalue weighted by atomic mass is 32.2. The molecule has 0 bridgehead atoms. The van der Waals surface area contributed by atoms with Crippen LogP contribution in [0.15, 0.2) is 35.0 Å². The fraction of sp³-hybridized carbons (Fsp3) is 0.500. The van der Waals surface area contributed by atoms with Crippen LogP contribution in [0.25, 0.3) is 5.69 Å². The number of aryl methyl sites for hydroxylation is 2. The van der Waals surface area contributed by atoms with Gasteiger partial charge in [-0.2, -0.15) is 4.68 Å². The number of amides is 1. The molecule has 0 saturated heterocycles. The Morgan fingerprint density at radius 1 is 1.30 bits per heavy atom. The molecule has 2 aromatic rings. The first-order chi connectivity index (χ1) is 13.1. The van der Waals surface area contributed by atoms with Crippen LogP contribution in [0.2, 0.25) is 0 Å². The van der Waals surface area contributed by atoms with Crippen molar-refractivity contribution < 1.29 is 4.79 Å². The van der Waals surface area contributed by atoms with E-state index in [0.717, 1.165) is 23.2 Å². The number of nitrogens with zero attached hydrogens (tertiary/aromatic N) is 4. The molecule has 1 N–H and O–H groups in total. The molecule has 7 heteroatoms. The first-order valence-corrected chi connectivity index (χ1v) is 10.4. The van der Waals surface area contributed by atoms with Crippen LogP contribution < -0.4 is 5.32 Å². The van der Waals surface area contributed by atoms with Crippen LogP contribution in [-0.4, -0.2) is 37.9 Å². The van der Waals surface area contributed by atoms with E-state index in [1.54, 1.807) is 4.68 Å². The number of carbonyl (C=O) groups excluding carboxylic acids is 1. The summed E-state index contributed by atoms with van der Waals surface area (Å²) >= 11 is 1.38. The largest absolute Gasteiger partial charge is 0.355 e. The SMILES string of the molecule is Cc1cccc(C)c1-n1nnnc1S[C@H](C)C(=O)NCCC1=CCCCC1. The molecule has 1 heterocycles. The quantitative estimate of drug-likeness (QED) is 0.580. The normalized spacial score (nSPS) is 15.3. The van der Waals surface area contributed by atoms with Crippen molar-refractivity contribution in [2.45, 2.75) is 63.3 Å². The minimum Gasteiger partial charge on any atom is -0.355 e. The van der Waals surface area contributed by atoms with E-state index in [4.69, 9.17) is 0 Å². The fourth-order valence-electron chi connectivity index (χ4n) is 3.37. The highest BCUT2D eigenvalue weighted by Crippen LogP contribution is 2.26. The summed E-state index contributed by atoms with van der Waals surface area (Å²) in [5, 5.41) is 15.5. The summed E-state index contributed by atoms with van der Waals surface area (Å²) < 4.78 is 1.73. The van der Waals surface area contributed by atoms with E-state index in [-0.39, 0.29) is 11.2 Å². The molecule has 0 saturated carbocycles. The number of hydrogen-bond donors (Lipinski definition) is 1. The number of rotatable bonds is 7. The maximum atomic E-state index is 12.5. The molecular formula is C20H27N5OS. The third kappa shape index (κ3) is 4.97. The molecule has 0 radical (unpaired) electrons. The third-order valence-corrected chi connectivity index (χ3v) is 5.91. The van der Waals surface area contributed by atoms with E-state index in [1.165, 1.54) is 43.0 Å². The minimum atomic E-state index is -0.264. The van der Waals surface area contributed by atoms with Crippen LogP contribution >= 0.6 is 11.8 Å². The lowest BCUT2D eigenvalue weighted by atomic mass is 9.97. The lowest BCUT2D eigenvalue weighted by Gasteiger charge is -2.15. The van der Waals surface area contributed by atoms with Gasteiger partial charge in [0.25, 0.3) is 0 Å². The maximum Gasteiger partial charge on any atom is 0.233 e. The molecule has 6 nitrogen and oxygen atoms in total. The maximum absolute atomic E-state index is 12.5. The van der Waals surface area contributed by atoms with E-state index < -0.39 is 0 Å². The van der Waals surface area contributed by atoms with Crippen LogP contribution in [0, 0.1) is 13.8 Å². The van der Waals surface area contributed by atoms with Gasteiger partial charge in [-0.1, -0.05) is 41.6 Å². The van der Waals surface area contributed by atoms with Gasteiger partial charge in [0.05, 0.1) is 10.9 Å². The molecule has 1 aromatic heterocycles. The van der Waals surface area contributed by atoms with Crippen LogP contribution in [0.1, 0.15) is 50.2 Å². The monoisotopic (exact) mass is 385 g/mol. The molecule has 27 heavy (non-hydrogen) atoms. The summed E-state index contributed by atoms with van der Waals surface area (Å²) in [7, 11) is 0. The Kier molecular flexibility index (Phi) is 6.66. The first-order valence-electron chi connectivity index (χ1n) is 9.53. The molecule has 144 valence electrons. The number of carbonyl (C=O) groups is 1. The second-order valence-electron chi connectivity index (χ2n) is 7.02. The molecule has 0 aliphatic heterocycles. The molecule has 1 amide bonds. The molecule has 1 aromatic carbocycles. The molecular weight excluding hydrogens is 358 g/mol. The standard InChI is InChI=1S/C20H27N5OS/c1-14-8-7-9-15(2)18(14)25-20(22-23-24-25)27-16(3)19(26)21-13-12-17-10-5-4-6-11-17/h7-10,16H,4-6,11-13H2,1-3H3,(H,21,26)/t16-/m1/s1. The summed E-state index contributed by atoms with van der Waals surface area (Å²) in [5.41, 5.74) is 4.65. The van der Waals surface area contributed by atoms with Gasteiger partial charge in [0.2, 0.25) is 11.1 Å². The molecule has 1 aliphatic rings. The van der Waals surface area contributed by atoms with Gasteiger partial charge in [-0.25, -0.2) is 0 Å². The van der Waals surface area contributed by atoms with Crippen molar-refractivity contribution in [1.82, 2.24) is 25.5 Å². The second-order valence-corrected chi connectivity index (χ2v) is 8.33. The molecule has 1 atom stereocenters. The van der Waals surface area contributed by atoms with Crippen molar-refractivity contribution >= 4 is 17.7 Å². The topological polar surface area (TPSA) is 72.7 Å². The molecule has 3 rings (SSSR count). The van der Waals surface area contributed by atoms with Gasteiger partial charge in [-0.15, -0.1) is 5.10 Å². The predicted molar refractivity (Wildman–Crippen MR) is 108 cm³/mol. The van der Waals surface area contributed by atoms with Gasteiger partial charge in [0.1, 0.15) is 0 Å². The van der Waals surface area contributed by atoms with Crippen molar-refractivity contribution in [3.05, 3.63) is 41.0 Å². The lowest BCUT2D eigenvalue weighted by Crippen LogP contribution is -2.32. The number of benzene rings is 1. The van der Waals surface area contributed by atoms with Gasteiger partial charge in [-0.05, 0) is 74.4 Å².